The molecule has 0 amide bonds. The maximum Gasteiger partial charge on any atom is 0.318 e. The average Bonchev–Trinajstić information content (AvgIpc) is 3.10. The van der Waals surface area contributed by atoms with Crippen LogP contribution in [0.3, 0.4) is 0 Å². The molecule has 1 saturated carbocycles. The number of nitrogens with zero attached hydrogens (tertiary/aromatic N) is 3. The van der Waals surface area contributed by atoms with Crippen LogP contribution in [0.2, 0.25) is 0 Å². The minimum absolute atomic E-state index is 0.334. The SMILES string of the molecule is Brc1nnc(OC2CC2)n1Cc1ccccc1. The summed E-state index contributed by atoms with van der Waals surface area (Å²) in [5.41, 5.74) is 1.20. The fourth-order valence-corrected chi connectivity index (χ4v) is 1.95. The Labute approximate surface area is 108 Å². The smallest absolute Gasteiger partial charge is 0.318 e. The average molecular weight is 294 g/mol. The van der Waals surface area contributed by atoms with E-state index in [-0.39, 0.29) is 0 Å². The summed E-state index contributed by atoms with van der Waals surface area (Å²) in [4.78, 5) is 0. The van der Waals surface area contributed by atoms with Gasteiger partial charge in [-0.05, 0) is 34.3 Å². The number of hydrogen-bond donors (Lipinski definition) is 0. The molecule has 0 N–H and O–H groups in total. The first-order chi connectivity index (χ1) is 8.33. The van der Waals surface area contributed by atoms with Gasteiger partial charge in [-0.3, -0.25) is 4.57 Å². The van der Waals surface area contributed by atoms with Crippen molar-refractivity contribution in [3.8, 4) is 6.01 Å². The molecule has 3 rings (SSSR count). The normalized spacial score (nSPS) is 14.9. The molecule has 0 bridgehead atoms. The molecule has 2 aromatic rings. The third-order valence-corrected chi connectivity index (χ3v) is 3.24. The van der Waals surface area contributed by atoms with Gasteiger partial charge in [0.05, 0.1) is 6.54 Å². The molecule has 0 radical (unpaired) electrons. The second kappa shape index (κ2) is 4.49. The molecule has 5 heteroatoms. The molecule has 0 aliphatic heterocycles. The Morgan fingerprint density at radius 2 is 2.00 bits per heavy atom. The second-order valence-electron chi connectivity index (χ2n) is 4.14. The number of halogens is 1. The highest BCUT2D eigenvalue weighted by atomic mass is 79.9. The molecule has 17 heavy (non-hydrogen) atoms. The van der Waals surface area contributed by atoms with E-state index < -0.39 is 0 Å². The predicted octanol–water partition coefficient (Wildman–Crippen LogP) is 2.63. The Balaban J connectivity index is 1.83. The van der Waals surface area contributed by atoms with E-state index in [2.05, 4.69) is 38.3 Å². The lowest BCUT2D eigenvalue weighted by atomic mass is 10.2. The molecule has 1 aliphatic carbocycles. The van der Waals surface area contributed by atoms with Crippen molar-refractivity contribution in [2.75, 3.05) is 0 Å². The Morgan fingerprint density at radius 1 is 1.24 bits per heavy atom. The summed E-state index contributed by atoms with van der Waals surface area (Å²) >= 11 is 3.39. The molecule has 0 atom stereocenters. The van der Waals surface area contributed by atoms with E-state index in [1.165, 1.54) is 5.56 Å². The van der Waals surface area contributed by atoms with Crippen molar-refractivity contribution in [1.29, 1.82) is 0 Å². The monoisotopic (exact) mass is 293 g/mol. The van der Waals surface area contributed by atoms with Crippen molar-refractivity contribution < 1.29 is 4.74 Å². The molecule has 1 aromatic carbocycles. The van der Waals surface area contributed by atoms with E-state index in [1.54, 1.807) is 0 Å². The first-order valence-corrected chi connectivity index (χ1v) is 6.41. The molecule has 0 unspecified atom stereocenters. The van der Waals surface area contributed by atoms with Crippen LogP contribution in [0, 0.1) is 0 Å². The molecule has 1 heterocycles. The van der Waals surface area contributed by atoms with E-state index in [1.807, 2.05) is 22.8 Å². The van der Waals surface area contributed by atoms with Crippen LogP contribution in [0.25, 0.3) is 0 Å². The third-order valence-electron chi connectivity index (χ3n) is 2.65. The van der Waals surface area contributed by atoms with E-state index in [0.29, 0.717) is 16.8 Å². The van der Waals surface area contributed by atoms with E-state index in [4.69, 9.17) is 4.74 Å². The zero-order chi connectivity index (χ0) is 11.7. The summed E-state index contributed by atoms with van der Waals surface area (Å²) in [6.07, 6.45) is 2.58. The van der Waals surface area contributed by atoms with Gasteiger partial charge in [-0.2, -0.15) is 0 Å². The van der Waals surface area contributed by atoms with Crippen molar-refractivity contribution >= 4 is 15.9 Å². The second-order valence-corrected chi connectivity index (χ2v) is 4.85. The topological polar surface area (TPSA) is 39.9 Å². The lowest BCUT2D eigenvalue weighted by Crippen LogP contribution is -2.07. The molecular weight excluding hydrogens is 282 g/mol. The van der Waals surface area contributed by atoms with Crippen LogP contribution in [-0.4, -0.2) is 20.9 Å². The number of rotatable bonds is 4. The summed E-state index contributed by atoms with van der Waals surface area (Å²) in [6, 6.07) is 10.8. The molecular formula is C12H12BrN3O. The van der Waals surface area contributed by atoms with Crippen LogP contribution in [0.1, 0.15) is 18.4 Å². The van der Waals surface area contributed by atoms with Crippen LogP contribution in [0.4, 0.5) is 0 Å². The summed E-state index contributed by atoms with van der Waals surface area (Å²) < 4.78 is 8.35. The van der Waals surface area contributed by atoms with Crippen LogP contribution in [-0.2, 0) is 6.54 Å². The Hall–Kier alpha value is -1.36. The van der Waals surface area contributed by atoms with E-state index >= 15 is 0 Å². The van der Waals surface area contributed by atoms with Gasteiger partial charge in [-0.15, -0.1) is 5.10 Å². The maximum atomic E-state index is 5.71. The van der Waals surface area contributed by atoms with Crippen LogP contribution in [0.5, 0.6) is 6.01 Å². The number of aromatic nitrogens is 3. The van der Waals surface area contributed by atoms with Crippen LogP contribution >= 0.6 is 15.9 Å². The maximum absolute atomic E-state index is 5.71. The Bertz CT molecular complexity index is 508. The van der Waals surface area contributed by atoms with Gasteiger partial charge in [0.2, 0.25) is 4.73 Å². The van der Waals surface area contributed by atoms with Gasteiger partial charge in [0, 0.05) is 0 Å². The number of hydrogen-bond acceptors (Lipinski definition) is 3. The first kappa shape index (κ1) is 10.8. The van der Waals surface area contributed by atoms with Gasteiger partial charge >= 0.3 is 6.01 Å². The zero-order valence-electron chi connectivity index (χ0n) is 9.21. The fourth-order valence-electron chi connectivity index (χ4n) is 1.59. The number of ether oxygens (including phenoxy) is 1. The molecule has 0 saturated heterocycles. The van der Waals surface area contributed by atoms with Crippen molar-refractivity contribution in [3.63, 3.8) is 0 Å². The van der Waals surface area contributed by atoms with Gasteiger partial charge in [0.1, 0.15) is 6.10 Å². The summed E-state index contributed by atoms with van der Waals surface area (Å²) in [6.45, 7) is 0.719. The van der Waals surface area contributed by atoms with Gasteiger partial charge in [0.15, 0.2) is 0 Å². The zero-order valence-corrected chi connectivity index (χ0v) is 10.8. The quantitative estimate of drug-likeness (QED) is 0.870. The van der Waals surface area contributed by atoms with Crippen LogP contribution in [0.15, 0.2) is 35.1 Å². The van der Waals surface area contributed by atoms with E-state index in [9.17, 15) is 0 Å². The Morgan fingerprint density at radius 3 is 2.71 bits per heavy atom. The minimum atomic E-state index is 0.334. The summed E-state index contributed by atoms with van der Waals surface area (Å²) in [7, 11) is 0. The predicted molar refractivity (Wildman–Crippen MR) is 66.9 cm³/mol. The summed E-state index contributed by atoms with van der Waals surface area (Å²) in [5, 5.41) is 8.03. The molecule has 1 aromatic heterocycles. The molecule has 1 fully saturated rings. The molecule has 88 valence electrons. The first-order valence-electron chi connectivity index (χ1n) is 5.62. The van der Waals surface area contributed by atoms with Crippen LogP contribution < -0.4 is 4.74 Å². The van der Waals surface area contributed by atoms with Crippen molar-refractivity contribution in [2.45, 2.75) is 25.5 Å². The van der Waals surface area contributed by atoms with Gasteiger partial charge in [0.25, 0.3) is 0 Å². The fraction of sp³-hybridized carbons (Fsp3) is 0.333. The third kappa shape index (κ3) is 2.49. The van der Waals surface area contributed by atoms with Gasteiger partial charge < -0.3 is 4.74 Å². The molecule has 4 nitrogen and oxygen atoms in total. The van der Waals surface area contributed by atoms with Crippen molar-refractivity contribution in [2.24, 2.45) is 0 Å². The standard InChI is InChI=1S/C12H12BrN3O/c13-11-14-15-12(17-10-6-7-10)16(11)8-9-4-2-1-3-5-9/h1-5,10H,6-8H2. The summed E-state index contributed by atoms with van der Waals surface area (Å²) in [5.74, 6) is 0. The van der Waals surface area contributed by atoms with Crippen molar-refractivity contribution in [1.82, 2.24) is 14.8 Å². The lowest BCUT2D eigenvalue weighted by Gasteiger charge is -2.08. The van der Waals surface area contributed by atoms with E-state index in [0.717, 1.165) is 19.4 Å². The van der Waals surface area contributed by atoms with Gasteiger partial charge in [-0.1, -0.05) is 35.4 Å². The van der Waals surface area contributed by atoms with Crippen molar-refractivity contribution in [3.05, 3.63) is 40.6 Å². The largest absolute Gasteiger partial charge is 0.460 e. The molecule has 1 aliphatic rings. The number of benzene rings is 1. The Kier molecular flexibility index (Phi) is 2.84. The minimum Gasteiger partial charge on any atom is -0.460 e. The highest BCUT2D eigenvalue weighted by Crippen LogP contribution is 2.27. The lowest BCUT2D eigenvalue weighted by molar-refractivity contribution is 0.265. The highest BCUT2D eigenvalue weighted by Gasteiger charge is 2.26. The van der Waals surface area contributed by atoms with Gasteiger partial charge in [-0.25, -0.2) is 0 Å². The molecule has 0 spiro atoms. The highest BCUT2D eigenvalue weighted by molar-refractivity contribution is 9.10.